The Labute approximate surface area is 120 Å². The van der Waals surface area contributed by atoms with Crippen molar-refractivity contribution in [1.29, 1.82) is 0 Å². The molecule has 0 saturated carbocycles. The van der Waals surface area contributed by atoms with Crippen LogP contribution in [0.1, 0.15) is 47.8 Å². The number of hydrogen-bond acceptors (Lipinski definition) is 2. The van der Waals surface area contributed by atoms with Crippen molar-refractivity contribution in [2.45, 2.75) is 45.1 Å². The van der Waals surface area contributed by atoms with E-state index in [0.717, 1.165) is 25.3 Å². The third kappa shape index (κ3) is 1.76. The molecule has 1 N–H and O–H groups in total. The second-order valence-electron chi connectivity index (χ2n) is 5.99. The van der Waals surface area contributed by atoms with Crippen LogP contribution in [0.2, 0.25) is 0 Å². The maximum Gasteiger partial charge on any atom is 0.203 e. The SMILES string of the molecule is Cc1ccccc1C1CCNc2nc3c(n21)CCCC3. The highest BCUT2D eigenvalue weighted by molar-refractivity contribution is 5.42. The predicted octanol–water partition coefficient (Wildman–Crippen LogP) is 3.48. The molecule has 0 fully saturated rings. The average molecular weight is 267 g/mol. The fourth-order valence-electron chi connectivity index (χ4n) is 3.73. The largest absolute Gasteiger partial charge is 0.356 e. The molecule has 1 aromatic carbocycles. The molecule has 1 aliphatic carbocycles. The summed E-state index contributed by atoms with van der Waals surface area (Å²) < 4.78 is 2.49. The van der Waals surface area contributed by atoms with Crippen molar-refractivity contribution in [2.24, 2.45) is 0 Å². The van der Waals surface area contributed by atoms with E-state index in [4.69, 9.17) is 4.98 Å². The minimum Gasteiger partial charge on any atom is -0.356 e. The Morgan fingerprint density at radius 3 is 2.95 bits per heavy atom. The Morgan fingerprint density at radius 1 is 1.20 bits per heavy atom. The molecule has 1 aromatic heterocycles. The fourth-order valence-corrected chi connectivity index (χ4v) is 3.73. The Morgan fingerprint density at radius 2 is 2.05 bits per heavy atom. The summed E-state index contributed by atoms with van der Waals surface area (Å²) in [4.78, 5) is 4.85. The molecule has 3 nitrogen and oxygen atoms in total. The number of aryl methyl sites for hydroxylation is 2. The van der Waals surface area contributed by atoms with Crippen LogP contribution < -0.4 is 5.32 Å². The Bertz CT molecular complexity index is 642. The summed E-state index contributed by atoms with van der Waals surface area (Å²) in [6.45, 7) is 3.25. The summed E-state index contributed by atoms with van der Waals surface area (Å²) in [5.74, 6) is 1.09. The van der Waals surface area contributed by atoms with Crippen molar-refractivity contribution in [2.75, 3.05) is 11.9 Å². The van der Waals surface area contributed by atoms with Gasteiger partial charge in [-0.1, -0.05) is 24.3 Å². The number of benzene rings is 1. The molecule has 4 rings (SSSR count). The van der Waals surface area contributed by atoms with Crippen LogP contribution in [-0.4, -0.2) is 16.1 Å². The van der Waals surface area contributed by atoms with E-state index >= 15 is 0 Å². The monoisotopic (exact) mass is 267 g/mol. The third-order valence-electron chi connectivity index (χ3n) is 4.73. The number of rotatable bonds is 1. The zero-order valence-corrected chi connectivity index (χ0v) is 12.0. The Hall–Kier alpha value is -1.77. The van der Waals surface area contributed by atoms with Crippen LogP contribution in [-0.2, 0) is 12.8 Å². The highest BCUT2D eigenvalue weighted by Crippen LogP contribution is 2.36. The van der Waals surface area contributed by atoms with E-state index in [2.05, 4.69) is 41.1 Å². The van der Waals surface area contributed by atoms with E-state index in [1.807, 2.05) is 0 Å². The normalized spacial score (nSPS) is 20.9. The van der Waals surface area contributed by atoms with Crippen molar-refractivity contribution in [1.82, 2.24) is 9.55 Å². The molecular formula is C17H21N3. The van der Waals surface area contributed by atoms with Gasteiger partial charge in [-0.25, -0.2) is 4.98 Å². The number of aromatic nitrogens is 2. The van der Waals surface area contributed by atoms with Gasteiger partial charge in [-0.3, -0.25) is 0 Å². The second kappa shape index (κ2) is 4.65. The first kappa shape index (κ1) is 12.0. The smallest absolute Gasteiger partial charge is 0.203 e. The van der Waals surface area contributed by atoms with Gasteiger partial charge in [-0.15, -0.1) is 0 Å². The first-order chi connectivity index (χ1) is 9.84. The molecule has 0 radical (unpaired) electrons. The zero-order valence-electron chi connectivity index (χ0n) is 12.0. The van der Waals surface area contributed by atoms with Gasteiger partial charge in [0.2, 0.25) is 5.95 Å². The van der Waals surface area contributed by atoms with E-state index in [0.29, 0.717) is 6.04 Å². The first-order valence-corrected chi connectivity index (χ1v) is 7.74. The molecule has 2 aliphatic rings. The van der Waals surface area contributed by atoms with Crippen LogP contribution in [0.25, 0.3) is 0 Å². The third-order valence-corrected chi connectivity index (χ3v) is 4.73. The summed E-state index contributed by atoms with van der Waals surface area (Å²) in [5.41, 5.74) is 5.66. The summed E-state index contributed by atoms with van der Waals surface area (Å²) in [6.07, 6.45) is 6.08. The fraction of sp³-hybridized carbons (Fsp3) is 0.471. The summed E-state index contributed by atoms with van der Waals surface area (Å²) >= 11 is 0. The van der Waals surface area contributed by atoms with E-state index < -0.39 is 0 Å². The quantitative estimate of drug-likeness (QED) is 0.857. The van der Waals surface area contributed by atoms with Gasteiger partial charge in [0.25, 0.3) is 0 Å². The molecule has 20 heavy (non-hydrogen) atoms. The molecule has 0 bridgehead atoms. The van der Waals surface area contributed by atoms with Crippen molar-refractivity contribution in [3.05, 3.63) is 46.8 Å². The standard InChI is InChI=1S/C17H21N3/c1-12-6-2-3-7-13(12)15-10-11-18-17-19-14-8-4-5-9-16(14)20(15)17/h2-3,6-7,15H,4-5,8-11H2,1H3,(H,18,19). The van der Waals surface area contributed by atoms with Crippen molar-refractivity contribution >= 4 is 5.95 Å². The summed E-state index contributed by atoms with van der Waals surface area (Å²) in [6, 6.07) is 9.25. The van der Waals surface area contributed by atoms with Gasteiger partial charge in [-0.2, -0.15) is 0 Å². The lowest BCUT2D eigenvalue weighted by Gasteiger charge is -2.30. The van der Waals surface area contributed by atoms with Gasteiger partial charge in [0.05, 0.1) is 11.7 Å². The van der Waals surface area contributed by atoms with Gasteiger partial charge in [0.15, 0.2) is 0 Å². The Balaban J connectivity index is 1.86. The maximum atomic E-state index is 4.85. The van der Waals surface area contributed by atoms with E-state index in [1.165, 1.54) is 41.8 Å². The molecule has 1 atom stereocenters. The van der Waals surface area contributed by atoms with Crippen LogP contribution in [0.3, 0.4) is 0 Å². The van der Waals surface area contributed by atoms with Crippen LogP contribution in [0.5, 0.6) is 0 Å². The highest BCUT2D eigenvalue weighted by atomic mass is 15.3. The van der Waals surface area contributed by atoms with Crippen LogP contribution in [0, 0.1) is 6.92 Å². The predicted molar refractivity (Wildman–Crippen MR) is 81.3 cm³/mol. The number of imidazole rings is 1. The van der Waals surface area contributed by atoms with Crippen LogP contribution >= 0.6 is 0 Å². The number of nitrogens with one attached hydrogen (secondary N) is 1. The molecular weight excluding hydrogens is 246 g/mol. The topological polar surface area (TPSA) is 29.9 Å². The lowest BCUT2D eigenvalue weighted by molar-refractivity contribution is 0.500. The molecule has 1 aliphatic heterocycles. The minimum absolute atomic E-state index is 0.460. The van der Waals surface area contributed by atoms with Crippen LogP contribution in [0.4, 0.5) is 5.95 Å². The highest BCUT2D eigenvalue weighted by Gasteiger charge is 2.29. The molecule has 2 heterocycles. The van der Waals surface area contributed by atoms with Gasteiger partial charge in [-0.05, 0) is 50.2 Å². The molecule has 2 aromatic rings. The van der Waals surface area contributed by atoms with Gasteiger partial charge in [0.1, 0.15) is 0 Å². The summed E-state index contributed by atoms with van der Waals surface area (Å²) in [7, 11) is 0. The molecule has 0 saturated heterocycles. The van der Waals surface area contributed by atoms with Crippen LogP contribution in [0.15, 0.2) is 24.3 Å². The number of anilines is 1. The average Bonchev–Trinajstić information content (AvgIpc) is 2.86. The van der Waals surface area contributed by atoms with Gasteiger partial charge < -0.3 is 9.88 Å². The van der Waals surface area contributed by atoms with Crippen molar-refractivity contribution in [3.63, 3.8) is 0 Å². The minimum atomic E-state index is 0.460. The van der Waals surface area contributed by atoms with Crippen molar-refractivity contribution < 1.29 is 0 Å². The molecule has 1 unspecified atom stereocenters. The molecule has 3 heteroatoms. The van der Waals surface area contributed by atoms with Gasteiger partial charge in [0, 0.05) is 12.2 Å². The second-order valence-corrected chi connectivity index (χ2v) is 5.99. The number of fused-ring (bicyclic) bond motifs is 3. The molecule has 0 spiro atoms. The lowest BCUT2D eigenvalue weighted by Crippen LogP contribution is -2.26. The van der Waals surface area contributed by atoms with E-state index in [9.17, 15) is 0 Å². The molecule has 104 valence electrons. The van der Waals surface area contributed by atoms with Gasteiger partial charge >= 0.3 is 0 Å². The number of hydrogen-bond donors (Lipinski definition) is 1. The molecule has 0 amide bonds. The summed E-state index contributed by atoms with van der Waals surface area (Å²) in [5, 5.41) is 3.49. The zero-order chi connectivity index (χ0) is 13.5. The van der Waals surface area contributed by atoms with Crippen molar-refractivity contribution in [3.8, 4) is 0 Å². The van der Waals surface area contributed by atoms with E-state index in [1.54, 1.807) is 0 Å². The Kier molecular flexibility index (Phi) is 2.79. The van der Waals surface area contributed by atoms with E-state index in [-0.39, 0.29) is 0 Å². The maximum absolute atomic E-state index is 4.85. The first-order valence-electron chi connectivity index (χ1n) is 7.74. The lowest BCUT2D eigenvalue weighted by atomic mass is 9.95. The number of nitrogens with zero attached hydrogens (tertiary/aromatic N) is 2.